The van der Waals surface area contributed by atoms with E-state index in [1.807, 2.05) is 0 Å². The predicted octanol–water partition coefficient (Wildman–Crippen LogP) is 5.35. The van der Waals surface area contributed by atoms with Crippen LogP contribution >= 0.6 is 0 Å². The summed E-state index contributed by atoms with van der Waals surface area (Å²) in [5.41, 5.74) is 5.53. The van der Waals surface area contributed by atoms with Crippen LogP contribution in [0, 0.1) is 0 Å². The molecule has 0 heteroatoms. The fourth-order valence-corrected chi connectivity index (χ4v) is 1.84. The molecule has 0 fully saturated rings. The fourth-order valence-electron chi connectivity index (χ4n) is 1.84. The van der Waals surface area contributed by atoms with Gasteiger partial charge in [-0.25, -0.2) is 0 Å². The van der Waals surface area contributed by atoms with Crippen molar-refractivity contribution >= 4 is 6.08 Å². The maximum Gasteiger partial charge on any atom is -0.0132 e. The van der Waals surface area contributed by atoms with Gasteiger partial charge in [0.1, 0.15) is 0 Å². The van der Waals surface area contributed by atoms with Gasteiger partial charge in [0.05, 0.1) is 0 Å². The Kier molecular flexibility index (Phi) is 4.34. The average Bonchev–Trinajstić information content (AvgIpc) is 2.15. The standard InChI is InChI=1S/C17H24/c1-13(2)11-14(3)12-15-7-9-16(10-8-15)17(4,5)6/h7-12H,1-6H3/b14-12+. The number of hydrogen-bond donors (Lipinski definition) is 0. The molecule has 0 N–H and O–H groups in total. The molecule has 1 aromatic carbocycles. The van der Waals surface area contributed by atoms with Crippen molar-refractivity contribution in [2.45, 2.75) is 47.0 Å². The lowest BCUT2D eigenvalue weighted by Crippen LogP contribution is -2.10. The molecule has 1 rings (SSSR count). The molecule has 0 aliphatic carbocycles. The Bertz CT molecular complexity index is 418. The molecule has 92 valence electrons. The summed E-state index contributed by atoms with van der Waals surface area (Å²) in [4.78, 5) is 0. The van der Waals surface area contributed by atoms with E-state index >= 15 is 0 Å². The largest absolute Gasteiger partial charge is 0.0762 e. The Hall–Kier alpha value is -1.30. The fraction of sp³-hybridized carbons (Fsp3) is 0.412. The molecule has 0 saturated heterocycles. The first-order valence-electron chi connectivity index (χ1n) is 6.23. The van der Waals surface area contributed by atoms with Crippen molar-refractivity contribution in [2.24, 2.45) is 0 Å². The van der Waals surface area contributed by atoms with E-state index in [4.69, 9.17) is 0 Å². The molecular formula is C17H24. The van der Waals surface area contributed by atoms with Crippen molar-refractivity contribution in [1.29, 1.82) is 0 Å². The second-order valence-electron chi connectivity index (χ2n) is 5.98. The number of benzene rings is 1. The van der Waals surface area contributed by atoms with Crippen LogP contribution in [0.5, 0.6) is 0 Å². The van der Waals surface area contributed by atoms with Crippen molar-refractivity contribution in [1.82, 2.24) is 0 Å². The smallest absolute Gasteiger partial charge is 0.0132 e. The first-order valence-corrected chi connectivity index (χ1v) is 6.23. The van der Waals surface area contributed by atoms with E-state index in [1.165, 1.54) is 22.3 Å². The second-order valence-corrected chi connectivity index (χ2v) is 5.98. The van der Waals surface area contributed by atoms with Gasteiger partial charge in [-0.2, -0.15) is 0 Å². The lowest BCUT2D eigenvalue weighted by Gasteiger charge is -2.18. The van der Waals surface area contributed by atoms with E-state index in [-0.39, 0.29) is 5.41 Å². The van der Waals surface area contributed by atoms with Crippen LogP contribution in [0.4, 0.5) is 0 Å². The minimum Gasteiger partial charge on any atom is -0.0762 e. The molecule has 0 atom stereocenters. The monoisotopic (exact) mass is 228 g/mol. The number of allylic oxidation sites excluding steroid dienone is 3. The van der Waals surface area contributed by atoms with Crippen LogP contribution in [-0.2, 0) is 5.41 Å². The third-order valence-electron chi connectivity index (χ3n) is 2.69. The van der Waals surface area contributed by atoms with Crippen LogP contribution in [0.2, 0.25) is 0 Å². The highest BCUT2D eigenvalue weighted by Crippen LogP contribution is 2.22. The summed E-state index contributed by atoms with van der Waals surface area (Å²) in [7, 11) is 0. The Labute approximate surface area is 106 Å². The summed E-state index contributed by atoms with van der Waals surface area (Å²) < 4.78 is 0. The summed E-state index contributed by atoms with van der Waals surface area (Å²) in [5, 5.41) is 0. The lowest BCUT2D eigenvalue weighted by molar-refractivity contribution is 0.590. The molecular weight excluding hydrogens is 204 g/mol. The first kappa shape index (κ1) is 13.8. The van der Waals surface area contributed by atoms with E-state index in [0.717, 1.165) is 0 Å². The minimum absolute atomic E-state index is 0.233. The zero-order valence-corrected chi connectivity index (χ0v) is 12.0. The Balaban J connectivity index is 2.93. The summed E-state index contributed by atoms with van der Waals surface area (Å²) in [6.07, 6.45) is 4.43. The number of hydrogen-bond acceptors (Lipinski definition) is 0. The summed E-state index contributed by atoms with van der Waals surface area (Å²) in [6, 6.07) is 8.84. The lowest BCUT2D eigenvalue weighted by atomic mass is 9.86. The molecule has 0 amide bonds. The highest BCUT2D eigenvalue weighted by Gasteiger charge is 2.12. The van der Waals surface area contributed by atoms with Crippen molar-refractivity contribution in [2.75, 3.05) is 0 Å². The van der Waals surface area contributed by atoms with E-state index in [1.54, 1.807) is 0 Å². The predicted molar refractivity (Wildman–Crippen MR) is 78.2 cm³/mol. The molecule has 17 heavy (non-hydrogen) atoms. The maximum absolute atomic E-state index is 2.24. The topological polar surface area (TPSA) is 0 Å². The second kappa shape index (κ2) is 5.35. The summed E-state index contributed by atoms with van der Waals surface area (Å²) in [5.74, 6) is 0. The Morgan fingerprint density at radius 1 is 0.941 bits per heavy atom. The van der Waals surface area contributed by atoms with Gasteiger partial charge in [-0.05, 0) is 37.3 Å². The van der Waals surface area contributed by atoms with Crippen LogP contribution in [0.15, 0.2) is 41.5 Å². The minimum atomic E-state index is 0.233. The van der Waals surface area contributed by atoms with Crippen molar-refractivity contribution in [3.63, 3.8) is 0 Å². The quantitative estimate of drug-likeness (QED) is 0.598. The molecule has 0 aliphatic heterocycles. The van der Waals surface area contributed by atoms with E-state index in [9.17, 15) is 0 Å². The van der Waals surface area contributed by atoms with E-state index < -0.39 is 0 Å². The van der Waals surface area contributed by atoms with Crippen molar-refractivity contribution < 1.29 is 0 Å². The van der Waals surface area contributed by atoms with Crippen molar-refractivity contribution in [3.8, 4) is 0 Å². The van der Waals surface area contributed by atoms with E-state index in [0.29, 0.717) is 0 Å². The van der Waals surface area contributed by atoms with Crippen LogP contribution < -0.4 is 0 Å². The highest BCUT2D eigenvalue weighted by atomic mass is 14.2. The molecule has 1 aromatic rings. The van der Waals surface area contributed by atoms with Crippen LogP contribution in [0.1, 0.15) is 52.7 Å². The number of rotatable bonds is 2. The molecule has 0 radical (unpaired) electrons. The molecule has 0 aromatic heterocycles. The van der Waals surface area contributed by atoms with Crippen LogP contribution in [0.3, 0.4) is 0 Å². The van der Waals surface area contributed by atoms with Crippen molar-refractivity contribution in [3.05, 3.63) is 52.6 Å². The van der Waals surface area contributed by atoms with Gasteiger partial charge in [-0.15, -0.1) is 0 Å². The molecule has 0 saturated carbocycles. The molecule has 0 aliphatic rings. The third-order valence-corrected chi connectivity index (χ3v) is 2.69. The van der Waals surface area contributed by atoms with Gasteiger partial charge in [0.15, 0.2) is 0 Å². The van der Waals surface area contributed by atoms with Gasteiger partial charge >= 0.3 is 0 Å². The van der Waals surface area contributed by atoms with Gasteiger partial charge in [0, 0.05) is 0 Å². The van der Waals surface area contributed by atoms with Gasteiger partial charge in [0.2, 0.25) is 0 Å². The van der Waals surface area contributed by atoms with Gasteiger partial charge in [0.25, 0.3) is 0 Å². The van der Waals surface area contributed by atoms with E-state index in [2.05, 4.69) is 78.0 Å². The zero-order chi connectivity index (χ0) is 13.1. The highest BCUT2D eigenvalue weighted by molar-refractivity contribution is 5.56. The molecule has 0 heterocycles. The van der Waals surface area contributed by atoms with Gasteiger partial charge in [-0.1, -0.05) is 68.3 Å². The molecule has 0 spiro atoms. The summed E-state index contributed by atoms with van der Waals surface area (Å²) >= 11 is 0. The van der Waals surface area contributed by atoms with Gasteiger partial charge < -0.3 is 0 Å². The SMILES string of the molecule is CC(C)=C/C(C)=C/c1ccc(C(C)(C)C)cc1. The maximum atomic E-state index is 2.24. The first-order chi connectivity index (χ1) is 7.79. The van der Waals surface area contributed by atoms with Crippen LogP contribution in [0.25, 0.3) is 6.08 Å². The Morgan fingerprint density at radius 3 is 1.88 bits per heavy atom. The molecule has 0 nitrogen and oxygen atoms in total. The average molecular weight is 228 g/mol. The Morgan fingerprint density at radius 2 is 1.47 bits per heavy atom. The van der Waals surface area contributed by atoms with Gasteiger partial charge in [-0.3, -0.25) is 0 Å². The third kappa shape index (κ3) is 4.60. The molecule has 0 bridgehead atoms. The van der Waals surface area contributed by atoms with Crippen LogP contribution in [-0.4, -0.2) is 0 Å². The normalized spacial score (nSPS) is 12.5. The summed E-state index contributed by atoms with van der Waals surface area (Å²) in [6.45, 7) is 13.1. The molecule has 0 unspecified atom stereocenters. The zero-order valence-electron chi connectivity index (χ0n) is 12.0.